The predicted molar refractivity (Wildman–Crippen MR) is 76.8 cm³/mol. The summed E-state index contributed by atoms with van der Waals surface area (Å²) in [5.41, 5.74) is 0.0287. The number of rotatable bonds is 8. The van der Waals surface area contributed by atoms with Crippen LogP contribution in [0.5, 0.6) is 11.5 Å². The minimum atomic E-state index is -3.42. The van der Waals surface area contributed by atoms with Crippen molar-refractivity contribution in [2.75, 3.05) is 20.0 Å². The minimum absolute atomic E-state index is 0.0525. The highest BCUT2D eigenvalue weighted by molar-refractivity contribution is 7.54. The van der Waals surface area contributed by atoms with Gasteiger partial charge in [0.1, 0.15) is 6.29 Å². The molecular weight excluding hydrogens is 295 g/mol. The SMILES string of the molecule is CCOP(=O)(OCC)C(CC=O)c1ccc2c(c1)OCO2. The number of fused-ring (bicyclic) bond motifs is 1. The fraction of sp³-hybridized carbons (Fsp3) is 0.500. The molecule has 0 bridgehead atoms. The molecule has 1 atom stereocenters. The van der Waals surface area contributed by atoms with Crippen LogP contribution in [0.1, 0.15) is 31.5 Å². The first-order valence-electron chi connectivity index (χ1n) is 6.86. The van der Waals surface area contributed by atoms with Gasteiger partial charge in [-0.15, -0.1) is 0 Å². The van der Waals surface area contributed by atoms with Crippen LogP contribution in [0.2, 0.25) is 0 Å². The predicted octanol–water partition coefficient (Wildman–Crippen LogP) is 3.31. The van der Waals surface area contributed by atoms with Gasteiger partial charge >= 0.3 is 7.60 Å². The zero-order chi connectivity index (χ0) is 15.3. The van der Waals surface area contributed by atoms with Crippen molar-refractivity contribution in [3.8, 4) is 11.5 Å². The van der Waals surface area contributed by atoms with E-state index in [1.165, 1.54) is 0 Å². The van der Waals surface area contributed by atoms with E-state index in [-0.39, 0.29) is 26.4 Å². The summed E-state index contributed by atoms with van der Waals surface area (Å²) in [4.78, 5) is 11.0. The number of hydrogen-bond donors (Lipinski definition) is 0. The van der Waals surface area contributed by atoms with Gasteiger partial charge in [-0.3, -0.25) is 4.57 Å². The van der Waals surface area contributed by atoms with Crippen molar-refractivity contribution in [1.82, 2.24) is 0 Å². The third kappa shape index (κ3) is 3.46. The summed E-state index contributed by atoms with van der Waals surface area (Å²) < 4.78 is 34.2. The smallest absolute Gasteiger partial charge is 0.338 e. The molecule has 116 valence electrons. The van der Waals surface area contributed by atoms with Crippen molar-refractivity contribution >= 4 is 13.9 Å². The molecule has 1 aromatic rings. The van der Waals surface area contributed by atoms with Crippen LogP contribution in [0.25, 0.3) is 0 Å². The van der Waals surface area contributed by atoms with E-state index in [1.807, 2.05) is 0 Å². The summed E-state index contributed by atoms with van der Waals surface area (Å²) in [6, 6.07) is 5.21. The highest BCUT2D eigenvalue weighted by atomic mass is 31.2. The minimum Gasteiger partial charge on any atom is -0.454 e. The Morgan fingerprint density at radius 2 is 1.90 bits per heavy atom. The second kappa shape index (κ2) is 7.07. The molecule has 0 aromatic heterocycles. The van der Waals surface area contributed by atoms with E-state index < -0.39 is 13.3 Å². The van der Waals surface area contributed by atoms with E-state index in [2.05, 4.69) is 0 Å². The van der Waals surface area contributed by atoms with Crippen LogP contribution in [0.3, 0.4) is 0 Å². The van der Waals surface area contributed by atoms with Gasteiger partial charge in [-0.1, -0.05) is 6.07 Å². The van der Waals surface area contributed by atoms with E-state index in [9.17, 15) is 9.36 Å². The molecule has 21 heavy (non-hydrogen) atoms. The summed E-state index contributed by atoms with van der Waals surface area (Å²) in [6.07, 6.45) is 0.775. The summed E-state index contributed by atoms with van der Waals surface area (Å²) >= 11 is 0. The highest BCUT2D eigenvalue weighted by Crippen LogP contribution is 2.62. The summed E-state index contributed by atoms with van der Waals surface area (Å²) in [5, 5.41) is 0. The van der Waals surface area contributed by atoms with Crippen molar-refractivity contribution in [2.45, 2.75) is 25.9 Å². The van der Waals surface area contributed by atoms with Crippen molar-refractivity contribution < 1.29 is 27.9 Å². The number of benzene rings is 1. The van der Waals surface area contributed by atoms with Crippen LogP contribution in [0, 0.1) is 0 Å². The first-order chi connectivity index (χ1) is 10.1. The second-order valence-corrected chi connectivity index (χ2v) is 6.63. The molecule has 6 nitrogen and oxygen atoms in total. The highest BCUT2D eigenvalue weighted by Gasteiger charge is 2.37. The van der Waals surface area contributed by atoms with Gasteiger partial charge in [-0.2, -0.15) is 0 Å². The van der Waals surface area contributed by atoms with Crippen LogP contribution >= 0.6 is 7.60 Å². The first kappa shape index (κ1) is 16.0. The summed E-state index contributed by atoms with van der Waals surface area (Å²) in [7, 11) is -3.42. The largest absolute Gasteiger partial charge is 0.454 e. The van der Waals surface area contributed by atoms with Gasteiger partial charge in [0.2, 0.25) is 6.79 Å². The Labute approximate surface area is 123 Å². The monoisotopic (exact) mass is 314 g/mol. The summed E-state index contributed by atoms with van der Waals surface area (Å²) in [6.45, 7) is 4.13. The van der Waals surface area contributed by atoms with Gasteiger partial charge < -0.3 is 23.3 Å². The quantitative estimate of drug-likeness (QED) is 0.541. The molecular formula is C14H19O6P. The van der Waals surface area contributed by atoms with E-state index in [1.54, 1.807) is 32.0 Å². The lowest BCUT2D eigenvalue weighted by Gasteiger charge is -2.25. The molecule has 0 fully saturated rings. The van der Waals surface area contributed by atoms with E-state index in [4.69, 9.17) is 18.5 Å². The number of ether oxygens (including phenoxy) is 2. The summed E-state index contributed by atoms with van der Waals surface area (Å²) in [5.74, 6) is 1.20. The average molecular weight is 314 g/mol. The Balaban J connectivity index is 2.37. The molecule has 0 saturated heterocycles. The molecule has 1 aromatic carbocycles. The van der Waals surface area contributed by atoms with E-state index in [0.717, 1.165) is 6.29 Å². The van der Waals surface area contributed by atoms with Gasteiger partial charge in [0.25, 0.3) is 0 Å². The maximum Gasteiger partial charge on any atom is 0.338 e. The molecule has 1 unspecified atom stereocenters. The number of carbonyl (C=O) groups is 1. The molecule has 0 saturated carbocycles. The first-order valence-corrected chi connectivity index (χ1v) is 8.47. The molecule has 0 aliphatic carbocycles. The van der Waals surface area contributed by atoms with Crippen LogP contribution < -0.4 is 9.47 Å². The standard InChI is InChI=1S/C14H19O6P/c1-3-19-21(16,20-4-2)14(7-8-15)11-5-6-12-13(9-11)18-10-17-12/h5-6,8-9,14H,3-4,7,10H2,1-2H3. The Morgan fingerprint density at radius 3 is 2.52 bits per heavy atom. The lowest BCUT2D eigenvalue weighted by atomic mass is 10.1. The Bertz CT molecular complexity index is 534. The molecule has 0 spiro atoms. The lowest BCUT2D eigenvalue weighted by Crippen LogP contribution is -2.07. The fourth-order valence-corrected chi connectivity index (χ4v) is 4.26. The topological polar surface area (TPSA) is 71.1 Å². The molecule has 1 aliphatic rings. The Hall–Kier alpha value is -1.36. The Kier molecular flexibility index (Phi) is 5.39. The zero-order valence-electron chi connectivity index (χ0n) is 12.1. The second-order valence-electron chi connectivity index (χ2n) is 4.41. The van der Waals surface area contributed by atoms with Gasteiger partial charge in [0.15, 0.2) is 11.5 Å². The van der Waals surface area contributed by atoms with Crippen LogP contribution in [0.15, 0.2) is 18.2 Å². The molecule has 1 aliphatic heterocycles. The molecule has 7 heteroatoms. The zero-order valence-corrected chi connectivity index (χ0v) is 13.0. The van der Waals surface area contributed by atoms with Crippen LogP contribution in [-0.4, -0.2) is 26.3 Å². The van der Waals surface area contributed by atoms with Crippen LogP contribution in [-0.2, 0) is 18.4 Å². The van der Waals surface area contributed by atoms with Gasteiger partial charge in [-0.25, -0.2) is 0 Å². The maximum absolute atomic E-state index is 12.9. The lowest BCUT2D eigenvalue weighted by molar-refractivity contribution is -0.108. The number of aldehydes is 1. The van der Waals surface area contributed by atoms with Crippen molar-refractivity contribution in [1.29, 1.82) is 0 Å². The van der Waals surface area contributed by atoms with Gasteiger partial charge in [0, 0.05) is 6.42 Å². The average Bonchev–Trinajstić information content (AvgIpc) is 2.92. The van der Waals surface area contributed by atoms with Crippen molar-refractivity contribution in [3.05, 3.63) is 23.8 Å². The Morgan fingerprint density at radius 1 is 1.24 bits per heavy atom. The van der Waals surface area contributed by atoms with E-state index >= 15 is 0 Å². The van der Waals surface area contributed by atoms with Crippen molar-refractivity contribution in [3.63, 3.8) is 0 Å². The van der Waals surface area contributed by atoms with Gasteiger partial charge in [0.05, 0.1) is 18.9 Å². The molecule has 2 rings (SSSR count). The number of carbonyl (C=O) groups excluding carboxylic acids is 1. The molecule has 0 amide bonds. The third-order valence-corrected chi connectivity index (χ3v) is 5.61. The number of hydrogen-bond acceptors (Lipinski definition) is 6. The molecule has 0 N–H and O–H groups in total. The normalized spacial score (nSPS) is 15.0. The van der Waals surface area contributed by atoms with Crippen LogP contribution in [0.4, 0.5) is 0 Å². The van der Waals surface area contributed by atoms with Crippen molar-refractivity contribution in [2.24, 2.45) is 0 Å². The third-order valence-electron chi connectivity index (χ3n) is 3.10. The van der Waals surface area contributed by atoms with E-state index in [0.29, 0.717) is 17.1 Å². The molecule has 1 heterocycles. The molecule has 0 radical (unpaired) electrons. The van der Waals surface area contributed by atoms with Gasteiger partial charge in [-0.05, 0) is 31.5 Å². The maximum atomic E-state index is 12.9. The fourth-order valence-electron chi connectivity index (χ4n) is 2.24.